The normalized spacial score (nSPS) is 11.2. The van der Waals surface area contributed by atoms with E-state index in [4.69, 9.17) is 18.0 Å². The number of benzene rings is 3. The molecule has 3 aromatic rings. The minimum Gasteiger partial charge on any atom is -0.398 e. The number of nitrogens with zero attached hydrogens (tertiary/aromatic N) is 1. The summed E-state index contributed by atoms with van der Waals surface area (Å²) < 4.78 is 0. The second-order valence-corrected chi connectivity index (χ2v) is 6.10. The summed E-state index contributed by atoms with van der Waals surface area (Å²) in [5.74, 6) is 0. The second kappa shape index (κ2) is 7.73. The van der Waals surface area contributed by atoms with Crippen LogP contribution >= 0.6 is 12.2 Å². The van der Waals surface area contributed by atoms with Crippen LogP contribution in [0.3, 0.4) is 0 Å². The zero-order valence-corrected chi connectivity index (χ0v) is 14.8. The van der Waals surface area contributed by atoms with Crippen molar-refractivity contribution < 1.29 is 0 Å². The standard InChI is InChI=1S/C21H19N3S/c1-15-12-13-19(22)18(14-15)20(16-8-4-2-5-9-16)24-21(25)23-17-10-6-3-7-11-17/h2-14H,22H2,1H3,(H,23,25). The summed E-state index contributed by atoms with van der Waals surface area (Å²) in [6, 6.07) is 25.6. The molecule has 3 nitrogen and oxygen atoms in total. The van der Waals surface area contributed by atoms with E-state index in [1.807, 2.05) is 85.8 Å². The van der Waals surface area contributed by atoms with E-state index in [1.165, 1.54) is 0 Å². The molecule has 0 aromatic heterocycles. The van der Waals surface area contributed by atoms with Gasteiger partial charge in [0.15, 0.2) is 5.11 Å². The van der Waals surface area contributed by atoms with Gasteiger partial charge in [-0.1, -0.05) is 60.2 Å². The van der Waals surface area contributed by atoms with Gasteiger partial charge in [0.25, 0.3) is 0 Å². The first-order valence-corrected chi connectivity index (χ1v) is 8.41. The lowest BCUT2D eigenvalue weighted by Gasteiger charge is -2.12. The van der Waals surface area contributed by atoms with Crippen molar-refractivity contribution in [2.24, 2.45) is 4.99 Å². The Kier molecular flexibility index (Phi) is 5.21. The van der Waals surface area contributed by atoms with Crippen molar-refractivity contribution in [1.29, 1.82) is 0 Å². The largest absolute Gasteiger partial charge is 0.398 e. The van der Waals surface area contributed by atoms with E-state index in [2.05, 4.69) is 10.3 Å². The number of hydrogen-bond donors (Lipinski definition) is 2. The van der Waals surface area contributed by atoms with Crippen LogP contribution in [-0.4, -0.2) is 10.8 Å². The highest BCUT2D eigenvalue weighted by atomic mass is 32.1. The van der Waals surface area contributed by atoms with Crippen LogP contribution in [0.5, 0.6) is 0 Å². The van der Waals surface area contributed by atoms with Gasteiger partial charge in [0.2, 0.25) is 0 Å². The Morgan fingerprint density at radius 1 is 0.920 bits per heavy atom. The van der Waals surface area contributed by atoms with Gasteiger partial charge in [0.05, 0.1) is 5.71 Å². The van der Waals surface area contributed by atoms with Crippen LogP contribution in [0.15, 0.2) is 83.9 Å². The zero-order chi connectivity index (χ0) is 17.6. The van der Waals surface area contributed by atoms with E-state index in [-0.39, 0.29) is 0 Å². The van der Waals surface area contributed by atoms with Gasteiger partial charge >= 0.3 is 0 Å². The molecule has 124 valence electrons. The van der Waals surface area contributed by atoms with Crippen LogP contribution in [0.4, 0.5) is 11.4 Å². The maximum Gasteiger partial charge on any atom is 0.197 e. The molecule has 0 unspecified atom stereocenters. The van der Waals surface area contributed by atoms with Crippen LogP contribution in [0, 0.1) is 6.92 Å². The van der Waals surface area contributed by atoms with Gasteiger partial charge in [-0.25, -0.2) is 4.99 Å². The van der Waals surface area contributed by atoms with Gasteiger partial charge in [-0.3, -0.25) is 0 Å². The van der Waals surface area contributed by atoms with Crippen LogP contribution in [-0.2, 0) is 0 Å². The average Bonchev–Trinajstić information content (AvgIpc) is 2.63. The van der Waals surface area contributed by atoms with Gasteiger partial charge in [-0.2, -0.15) is 0 Å². The number of para-hydroxylation sites is 1. The number of nitrogens with two attached hydrogens (primary N) is 1. The maximum atomic E-state index is 6.21. The number of hydrogen-bond acceptors (Lipinski definition) is 2. The molecule has 0 fully saturated rings. The Morgan fingerprint density at radius 3 is 2.24 bits per heavy atom. The highest BCUT2D eigenvalue weighted by Crippen LogP contribution is 2.20. The fraction of sp³-hybridized carbons (Fsp3) is 0.0476. The Morgan fingerprint density at radius 2 is 1.56 bits per heavy atom. The van der Waals surface area contributed by atoms with Crippen LogP contribution < -0.4 is 11.1 Å². The van der Waals surface area contributed by atoms with Crippen molar-refractivity contribution in [2.45, 2.75) is 6.92 Å². The first kappa shape index (κ1) is 16.9. The molecule has 3 aromatic carbocycles. The topological polar surface area (TPSA) is 50.4 Å². The van der Waals surface area contributed by atoms with Gasteiger partial charge in [-0.05, 0) is 43.4 Å². The third kappa shape index (κ3) is 4.31. The molecule has 0 bridgehead atoms. The van der Waals surface area contributed by atoms with E-state index in [1.54, 1.807) is 0 Å². The lowest BCUT2D eigenvalue weighted by Crippen LogP contribution is -2.13. The maximum absolute atomic E-state index is 6.21. The first-order chi connectivity index (χ1) is 12.1. The SMILES string of the molecule is Cc1ccc(N)c(C(=NC(=S)Nc2ccccc2)c2ccccc2)c1. The molecule has 0 aliphatic carbocycles. The molecule has 4 heteroatoms. The molecule has 0 aliphatic rings. The monoisotopic (exact) mass is 345 g/mol. The summed E-state index contributed by atoms with van der Waals surface area (Å²) in [4.78, 5) is 4.67. The van der Waals surface area contributed by atoms with Crippen LogP contribution in [0.2, 0.25) is 0 Å². The first-order valence-electron chi connectivity index (χ1n) is 8.00. The van der Waals surface area contributed by atoms with Crippen molar-refractivity contribution in [3.63, 3.8) is 0 Å². The highest BCUT2D eigenvalue weighted by molar-refractivity contribution is 7.80. The van der Waals surface area contributed by atoms with Crippen molar-refractivity contribution in [2.75, 3.05) is 11.1 Å². The molecule has 0 amide bonds. The molecule has 3 rings (SSSR count). The molecule has 0 aliphatic heterocycles. The van der Waals surface area contributed by atoms with Crippen LogP contribution in [0.25, 0.3) is 0 Å². The second-order valence-electron chi connectivity index (χ2n) is 5.71. The van der Waals surface area contributed by atoms with E-state index in [0.29, 0.717) is 10.8 Å². The van der Waals surface area contributed by atoms with E-state index in [9.17, 15) is 0 Å². The molecule has 25 heavy (non-hydrogen) atoms. The Labute approximate surface area is 153 Å². The predicted molar refractivity (Wildman–Crippen MR) is 110 cm³/mol. The predicted octanol–water partition coefficient (Wildman–Crippen LogP) is 4.81. The summed E-state index contributed by atoms with van der Waals surface area (Å²) in [7, 11) is 0. The molecule has 3 N–H and O–H groups in total. The number of thiocarbonyl (C=S) groups is 1. The molecular formula is C21H19N3S. The fourth-order valence-electron chi connectivity index (χ4n) is 2.53. The minimum atomic E-state index is 0.394. The lowest BCUT2D eigenvalue weighted by atomic mass is 9.99. The van der Waals surface area contributed by atoms with E-state index >= 15 is 0 Å². The molecule has 0 radical (unpaired) electrons. The number of anilines is 2. The Bertz CT molecular complexity index is 903. The fourth-order valence-corrected chi connectivity index (χ4v) is 2.74. The Hall–Kier alpha value is -2.98. The average molecular weight is 345 g/mol. The highest BCUT2D eigenvalue weighted by Gasteiger charge is 2.12. The van der Waals surface area contributed by atoms with Crippen molar-refractivity contribution in [3.8, 4) is 0 Å². The number of nitrogens with one attached hydrogen (secondary N) is 1. The number of rotatable bonds is 3. The number of aryl methyl sites for hydroxylation is 1. The van der Waals surface area contributed by atoms with Crippen molar-refractivity contribution in [1.82, 2.24) is 0 Å². The quantitative estimate of drug-likeness (QED) is 0.407. The van der Waals surface area contributed by atoms with Gasteiger partial charge in [-0.15, -0.1) is 0 Å². The van der Waals surface area contributed by atoms with E-state index < -0.39 is 0 Å². The summed E-state index contributed by atoms with van der Waals surface area (Å²) >= 11 is 5.45. The van der Waals surface area contributed by atoms with Gasteiger partial charge in [0, 0.05) is 22.5 Å². The van der Waals surface area contributed by atoms with Gasteiger partial charge < -0.3 is 11.1 Å². The zero-order valence-electron chi connectivity index (χ0n) is 13.9. The summed E-state index contributed by atoms with van der Waals surface area (Å²) in [5, 5.41) is 3.54. The molecule has 0 saturated heterocycles. The molecule has 0 saturated carbocycles. The Balaban J connectivity index is 2.02. The van der Waals surface area contributed by atoms with E-state index in [0.717, 1.165) is 28.1 Å². The lowest BCUT2D eigenvalue weighted by molar-refractivity contribution is 1.44. The molecule has 0 heterocycles. The summed E-state index contributed by atoms with van der Waals surface area (Å²) in [6.45, 7) is 2.03. The van der Waals surface area contributed by atoms with Crippen LogP contribution in [0.1, 0.15) is 16.7 Å². The minimum absolute atomic E-state index is 0.394. The van der Waals surface area contributed by atoms with Gasteiger partial charge in [0.1, 0.15) is 0 Å². The molecule has 0 spiro atoms. The number of nitrogen functional groups attached to an aromatic ring is 1. The van der Waals surface area contributed by atoms with Crippen molar-refractivity contribution >= 4 is 34.4 Å². The molecule has 0 atom stereocenters. The third-order valence-corrected chi connectivity index (χ3v) is 3.94. The summed E-state index contributed by atoms with van der Waals surface area (Å²) in [6.07, 6.45) is 0. The molecular weight excluding hydrogens is 326 g/mol. The number of aliphatic imine (C=N–C) groups is 1. The van der Waals surface area contributed by atoms with Crippen molar-refractivity contribution in [3.05, 3.63) is 95.6 Å². The smallest absolute Gasteiger partial charge is 0.197 e. The third-order valence-electron chi connectivity index (χ3n) is 3.75. The summed E-state index contributed by atoms with van der Waals surface area (Å²) in [5.41, 5.74) is 11.5.